The maximum Gasteiger partial charge on any atom is 0.253 e. The van der Waals surface area contributed by atoms with Crippen molar-refractivity contribution in [3.05, 3.63) is 53.2 Å². The molecule has 0 atom stereocenters. The van der Waals surface area contributed by atoms with Gasteiger partial charge in [0, 0.05) is 36.6 Å². The number of hydrogen-bond acceptors (Lipinski definition) is 5. The number of fused-ring (bicyclic) bond motifs is 1. The minimum Gasteiger partial charge on any atom is -0.354 e. The lowest BCUT2D eigenvalue weighted by atomic mass is 10.2. The number of aryl methyl sites for hydroxylation is 1. The molecule has 0 saturated carbocycles. The van der Waals surface area contributed by atoms with Gasteiger partial charge in [0.05, 0.1) is 5.39 Å². The van der Waals surface area contributed by atoms with Crippen LogP contribution in [0.5, 0.6) is 0 Å². The fourth-order valence-corrected chi connectivity index (χ4v) is 4.15. The Kier molecular flexibility index (Phi) is 4.36. The van der Waals surface area contributed by atoms with Crippen LogP contribution in [0.25, 0.3) is 10.2 Å². The van der Waals surface area contributed by atoms with E-state index in [9.17, 15) is 4.79 Å². The molecular weight excluding hydrogens is 332 g/mol. The van der Waals surface area contributed by atoms with Crippen molar-refractivity contribution < 1.29 is 4.79 Å². The Morgan fingerprint density at radius 2 is 1.92 bits per heavy atom. The fraction of sp³-hybridized carbons (Fsp3) is 0.316. The van der Waals surface area contributed by atoms with Gasteiger partial charge in [0.25, 0.3) is 5.91 Å². The summed E-state index contributed by atoms with van der Waals surface area (Å²) in [7, 11) is 0. The summed E-state index contributed by atoms with van der Waals surface area (Å²) in [6.45, 7) is 5.28. The molecule has 1 amide bonds. The summed E-state index contributed by atoms with van der Waals surface area (Å²) in [5, 5.41) is 1.12. The molecule has 3 heterocycles. The molecule has 0 bridgehead atoms. The quantitative estimate of drug-likeness (QED) is 0.710. The summed E-state index contributed by atoms with van der Waals surface area (Å²) < 4.78 is 0. The first kappa shape index (κ1) is 16.0. The predicted molar refractivity (Wildman–Crippen MR) is 101 cm³/mol. The summed E-state index contributed by atoms with van der Waals surface area (Å²) in [4.78, 5) is 28.1. The van der Waals surface area contributed by atoms with E-state index in [2.05, 4.69) is 27.9 Å². The van der Waals surface area contributed by atoms with Gasteiger partial charge >= 0.3 is 0 Å². The SMILES string of the molecule is Cc1cc2c(N3CCCN(C(=O)c4ccccc4)CC3)ncnc2s1. The number of aromatic nitrogens is 2. The molecule has 25 heavy (non-hydrogen) atoms. The van der Waals surface area contributed by atoms with Crippen LogP contribution in [0.3, 0.4) is 0 Å². The van der Waals surface area contributed by atoms with Crippen molar-refractivity contribution >= 4 is 33.3 Å². The lowest BCUT2D eigenvalue weighted by molar-refractivity contribution is 0.0767. The van der Waals surface area contributed by atoms with Crippen LogP contribution < -0.4 is 4.90 Å². The van der Waals surface area contributed by atoms with Crippen molar-refractivity contribution in [2.45, 2.75) is 13.3 Å². The Morgan fingerprint density at radius 1 is 1.08 bits per heavy atom. The van der Waals surface area contributed by atoms with Crippen LogP contribution in [0.15, 0.2) is 42.7 Å². The van der Waals surface area contributed by atoms with Crippen LogP contribution in [-0.4, -0.2) is 47.0 Å². The van der Waals surface area contributed by atoms with Crippen LogP contribution in [0.4, 0.5) is 5.82 Å². The van der Waals surface area contributed by atoms with Crippen LogP contribution in [0.2, 0.25) is 0 Å². The van der Waals surface area contributed by atoms with Gasteiger partial charge < -0.3 is 9.80 Å². The Balaban J connectivity index is 1.54. The molecule has 0 radical (unpaired) electrons. The van der Waals surface area contributed by atoms with Crippen LogP contribution in [0.1, 0.15) is 21.7 Å². The molecule has 1 fully saturated rings. The third-order valence-corrected chi connectivity index (χ3v) is 5.49. The third-order valence-electron chi connectivity index (χ3n) is 4.53. The normalized spacial score (nSPS) is 15.4. The van der Waals surface area contributed by atoms with Crippen molar-refractivity contribution in [3.63, 3.8) is 0 Å². The van der Waals surface area contributed by atoms with E-state index in [0.29, 0.717) is 6.54 Å². The number of thiophene rings is 1. The third kappa shape index (κ3) is 3.22. The van der Waals surface area contributed by atoms with Crippen molar-refractivity contribution in [2.75, 3.05) is 31.1 Å². The van der Waals surface area contributed by atoms with Gasteiger partial charge in [0.15, 0.2) is 0 Å². The molecule has 0 aliphatic carbocycles. The van der Waals surface area contributed by atoms with Gasteiger partial charge in [-0.2, -0.15) is 0 Å². The van der Waals surface area contributed by atoms with E-state index >= 15 is 0 Å². The molecule has 1 aliphatic rings. The number of carbonyl (C=O) groups is 1. The number of hydrogen-bond donors (Lipinski definition) is 0. The largest absolute Gasteiger partial charge is 0.354 e. The maximum atomic E-state index is 12.7. The van der Waals surface area contributed by atoms with E-state index in [1.807, 2.05) is 35.2 Å². The monoisotopic (exact) mass is 352 g/mol. The molecule has 1 aromatic carbocycles. The number of carbonyl (C=O) groups excluding carboxylic acids is 1. The first-order chi connectivity index (χ1) is 12.2. The van der Waals surface area contributed by atoms with Gasteiger partial charge in [-0.15, -0.1) is 11.3 Å². The van der Waals surface area contributed by atoms with Crippen molar-refractivity contribution in [2.24, 2.45) is 0 Å². The fourth-order valence-electron chi connectivity index (χ4n) is 3.31. The molecule has 1 aliphatic heterocycles. The standard InChI is InChI=1S/C19H20N4OS/c1-14-12-16-17(20-13-21-18(16)25-14)22-8-5-9-23(11-10-22)19(24)15-6-3-2-4-7-15/h2-4,6-7,12-13H,5,8-11H2,1H3. The molecule has 0 N–H and O–H groups in total. The van der Waals surface area contributed by atoms with Crippen molar-refractivity contribution in [1.29, 1.82) is 0 Å². The number of anilines is 1. The van der Waals surface area contributed by atoms with Gasteiger partial charge in [-0.05, 0) is 31.5 Å². The molecule has 4 rings (SSSR count). The van der Waals surface area contributed by atoms with E-state index < -0.39 is 0 Å². The highest BCUT2D eigenvalue weighted by Gasteiger charge is 2.22. The topological polar surface area (TPSA) is 49.3 Å². The van der Waals surface area contributed by atoms with Gasteiger partial charge in [-0.3, -0.25) is 4.79 Å². The van der Waals surface area contributed by atoms with Gasteiger partial charge in [0.1, 0.15) is 17.0 Å². The van der Waals surface area contributed by atoms with Crippen molar-refractivity contribution in [3.8, 4) is 0 Å². The molecule has 0 unspecified atom stereocenters. The van der Waals surface area contributed by atoms with E-state index in [0.717, 1.165) is 47.7 Å². The summed E-state index contributed by atoms with van der Waals surface area (Å²) >= 11 is 1.70. The summed E-state index contributed by atoms with van der Waals surface area (Å²) in [5.41, 5.74) is 0.758. The zero-order chi connectivity index (χ0) is 17.2. The molecule has 2 aromatic heterocycles. The molecule has 6 heteroatoms. The summed E-state index contributed by atoms with van der Waals surface area (Å²) in [6.07, 6.45) is 2.58. The molecular formula is C19H20N4OS. The average Bonchev–Trinajstić information content (AvgIpc) is 2.87. The van der Waals surface area contributed by atoms with E-state index in [1.54, 1.807) is 17.7 Å². The van der Waals surface area contributed by atoms with E-state index in [1.165, 1.54) is 4.88 Å². The second kappa shape index (κ2) is 6.80. The Hall–Kier alpha value is -2.47. The predicted octanol–water partition coefficient (Wildman–Crippen LogP) is 3.35. The van der Waals surface area contributed by atoms with Gasteiger partial charge in [-0.25, -0.2) is 9.97 Å². The highest BCUT2D eigenvalue weighted by molar-refractivity contribution is 7.18. The van der Waals surface area contributed by atoms with Crippen LogP contribution in [-0.2, 0) is 0 Å². The zero-order valence-electron chi connectivity index (χ0n) is 14.2. The first-order valence-electron chi connectivity index (χ1n) is 8.53. The molecule has 1 saturated heterocycles. The van der Waals surface area contributed by atoms with Gasteiger partial charge in [-0.1, -0.05) is 18.2 Å². The number of nitrogens with zero attached hydrogens (tertiary/aromatic N) is 4. The average molecular weight is 352 g/mol. The van der Waals surface area contributed by atoms with Gasteiger partial charge in [0.2, 0.25) is 0 Å². The second-order valence-corrected chi connectivity index (χ2v) is 7.51. The molecule has 3 aromatic rings. The van der Waals surface area contributed by atoms with E-state index in [-0.39, 0.29) is 5.91 Å². The Morgan fingerprint density at radius 3 is 2.76 bits per heavy atom. The number of benzene rings is 1. The Labute approximate surface area is 150 Å². The lowest BCUT2D eigenvalue weighted by Crippen LogP contribution is -2.35. The highest BCUT2D eigenvalue weighted by Crippen LogP contribution is 2.30. The minimum atomic E-state index is 0.113. The van der Waals surface area contributed by atoms with Crippen molar-refractivity contribution in [1.82, 2.24) is 14.9 Å². The maximum absolute atomic E-state index is 12.7. The summed E-state index contributed by atoms with van der Waals surface area (Å²) in [6, 6.07) is 11.7. The van der Waals surface area contributed by atoms with Crippen LogP contribution in [0, 0.1) is 6.92 Å². The Bertz CT molecular complexity index is 893. The lowest BCUT2D eigenvalue weighted by Gasteiger charge is -2.23. The zero-order valence-corrected chi connectivity index (χ0v) is 15.0. The molecule has 0 spiro atoms. The molecule has 5 nitrogen and oxygen atoms in total. The van der Waals surface area contributed by atoms with E-state index in [4.69, 9.17) is 0 Å². The first-order valence-corrected chi connectivity index (χ1v) is 9.34. The minimum absolute atomic E-state index is 0.113. The highest BCUT2D eigenvalue weighted by atomic mass is 32.1. The number of amides is 1. The van der Waals surface area contributed by atoms with Crippen LogP contribution >= 0.6 is 11.3 Å². The molecule has 128 valence electrons. The summed E-state index contributed by atoms with van der Waals surface area (Å²) in [5.74, 6) is 1.10. The second-order valence-electron chi connectivity index (χ2n) is 6.27. The smallest absolute Gasteiger partial charge is 0.253 e. The number of rotatable bonds is 2.